The normalized spacial score (nSPS) is 11.5. The summed E-state index contributed by atoms with van der Waals surface area (Å²) in [6.45, 7) is 0.465. The van der Waals surface area contributed by atoms with E-state index in [0.29, 0.717) is 17.1 Å². The third kappa shape index (κ3) is 6.39. The molecule has 0 spiro atoms. The Hall–Kier alpha value is -3.63. The molecule has 192 valence electrons. The molecule has 0 aliphatic rings. The van der Waals surface area contributed by atoms with Gasteiger partial charge in [-0.25, -0.2) is 13.1 Å². The zero-order valence-electron chi connectivity index (χ0n) is 19.9. The number of sulfonamides is 1. The first kappa shape index (κ1) is 26.4. The molecule has 0 aliphatic carbocycles. The average Bonchev–Trinajstić information content (AvgIpc) is 3.23. The molecule has 0 saturated heterocycles. The second-order valence-electron chi connectivity index (χ2n) is 8.08. The van der Waals surface area contributed by atoms with Crippen LogP contribution in [0.5, 0.6) is 5.75 Å². The number of amides is 1. The summed E-state index contributed by atoms with van der Waals surface area (Å²) in [7, 11) is -4.06. The first-order valence-electron chi connectivity index (χ1n) is 11.1. The molecule has 1 N–H and O–H groups in total. The summed E-state index contributed by atoms with van der Waals surface area (Å²) in [4.78, 5) is 13.6. The maximum Gasteiger partial charge on any atom is 0.387 e. The summed E-state index contributed by atoms with van der Waals surface area (Å²) in [5.74, 6) is 0.0730. The minimum Gasteiger partial charge on any atom is -0.456 e. The van der Waals surface area contributed by atoms with Crippen LogP contribution in [0.4, 0.5) is 8.78 Å². The summed E-state index contributed by atoms with van der Waals surface area (Å²) >= 11 is 1.50. The predicted octanol–water partition coefficient (Wildman–Crippen LogP) is 6.58. The van der Waals surface area contributed by atoms with Gasteiger partial charge in [0.15, 0.2) is 5.76 Å². The molecule has 3 aromatic carbocycles. The van der Waals surface area contributed by atoms with Crippen LogP contribution < -0.4 is 9.46 Å². The lowest BCUT2D eigenvalue weighted by Crippen LogP contribution is -2.30. The average molecular weight is 544 g/mol. The maximum atomic E-state index is 12.7. The number of benzene rings is 3. The predicted molar refractivity (Wildman–Crippen MR) is 137 cm³/mol. The Kier molecular flexibility index (Phi) is 7.99. The van der Waals surface area contributed by atoms with Gasteiger partial charge >= 0.3 is 12.5 Å². The number of carbonyl (C=O) groups excluding carboxylic acids is 1. The monoisotopic (exact) mass is 543 g/mol. The molecule has 0 fully saturated rings. The van der Waals surface area contributed by atoms with Gasteiger partial charge in [0.1, 0.15) is 11.5 Å². The number of aryl methyl sites for hydroxylation is 2. The SMILES string of the molecule is Cc1ccccc1S(=O)(=O)NC(=O)c1cc(CSc2ccccc2-c2ccc(OC(F)F)cc2)c(C)o1. The number of nitrogens with one attached hydrogen (secondary N) is 1. The van der Waals surface area contributed by atoms with Crippen molar-refractivity contribution in [2.24, 2.45) is 0 Å². The molecule has 0 radical (unpaired) electrons. The molecule has 6 nitrogen and oxygen atoms in total. The first-order valence-corrected chi connectivity index (χ1v) is 13.6. The van der Waals surface area contributed by atoms with Crippen LogP contribution in [0.1, 0.15) is 27.4 Å². The summed E-state index contributed by atoms with van der Waals surface area (Å²) in [5.41, 5.74) is 2.99. The molecule has 0 unspecified atom stereocenters. The third-order valence-corrected chi connectivity index (χ3v) is 8.13. The van der Waals surface area contributed by atoms with Crippen molar-refractivity contribution in [3.05, 3.63) is 102 Å². The number of ether oxygens (including phenoxy) is 1. The van der Waals surface area contributed by atoms with Gasteiger partial charge in [-0.1, -0.05) is 48.5 Å². The zero-order chi connectivity index (χ0) is 26.6. The van der Waals surface area contributed by atoms with E-state index < -0.39 is 22.5 Å². The minimum atomic E-state index is -4.06. The van der Waals surface area contributed by atoms with Gasteiger partial charge in [-0.3, -0.25) is 4.79 Å². The van der Waals surface area contributed by atoms with Crippen LogP contribution in [0, 0.1) is 13.8 Å². The molecular formula is C27H23F2NO5S2. The van der Waals surface area contributed by atoms with Gasteiger partial charge in [0.2, 0.25) is 0 Å². The molecular weight excluding hydrogens is 520 g/mol. The number of carbonyl (C=O) groups is 1. The fourth-order valence-corrected chi connectivity index (χ4v) is 5.98. The molecule has 37 heavy (non-hydrogen) atoms. The number of furan rings is 1. The zero-order valence-corrected chi connectivity index (χ0v) is 21.5. The van der Waals surface area contributed by atoms with Gasteiger partial charge < -0.3 is 9.15 Å². The van der Waals surface area contributed by atoms with E-state index in [2.05, 4.69) is 9.46 Å². The Morgan fingerprint density at radius 1 is 1.00 bits per heavy atom. The highest BCUT2D eigenvalue weighted by molar-refractivity contribution is 7.98. The molecule has 0 bridgehead atoms. The molecule has 0 atom stereocenters. The quantitative estimate of drug-likeness (QED) is 0.240. The number of halogens is 2. The van der Waals surface area contributed by atoms with Crippen molar-refractivity contribution in [2.75, 3.05) is 0 Å². The van der Waals surface area contributed by atoms with Crippen LogP contribution >= 0.6 is 11.8 Å². The highest BCUT2D eigenvalue weighted by Gasteiger charge is 2.23. The Balaban J connectivity index is 1.48. The lowest BCUT2D eigenvalue weighted by atomic mass is 10.1. The highest BCUT2D eigenvalue weighted by atomic mass is 32.2. The Bertz CT molecular complexity index is 1520. The van der Waals surface area contributed by atoms with Gasteiger partial charge in [0.05, 0.1) is 4.90 Å². The van der Waals surface area contributed by atoms with E-state index in [9.17, 15) is 22.0 Å². The Labute approximate surface area is 217 Å². The van der Waals surface area contributed by atoms with Gasteiger partial charge in [-0.15, -0.1) is 11.8 Å². The number of alkyl halides is 2. The summed E-state index contributed by atoms with van der Waals surface area (Å²) in [6.07, 6.45) is 0. The third-order valence-electron chi connectivity index (χ3n) is 5.52. The van der Waals surface area contributed by atoms with Crippen LogP contribution in [0.3, 0.4) is 0 Å². The van der Waals surface area contributed by atoms with Gasteiger partial charge in [0, 0.05) is 16.2 Å². The molecule has 1 aromatic heterocycles. The molecule has 0 aliphatic heterocycles. The lowest BCUT2D eigenvalue weighted by Gasteiger charge is -2.10. The maximum absolute atomic E-state index is 12.7. The largest absolute Gasteiger partial charge is 0.456 e. The summed E-state index contributed by atoms with van der Waals surface area (Å²) in [6, 6.07) is 21.9. The number of rotatable bonds is 9. The van der Waals surface area contributed by atoms with Crippen molar-refractivity contribution < 1.29 is 31.1 Å². The van der Waals surface area contributed by atoms with E-state index in [-0.39, 0.29) is 16.4 Å². The van der Waals surface area contributed by atoms with Crippen molar-refractivity contribution in [2.45, 2.75) is 36.0 Å². The van der Waals surface area contributed by atoms with Crippen LogP contribution in [0.25, 0.3) is 11.1 Å². The molecule has 1 heterocycles. The fraction of sp³-hybridized carbons (Fsp3) is 0.148. The smallest absolute Gasteiger partial charge is 0.387 e. The topological polar surface area (TPSA) is 85.6 Å². The fourth-order valence-electron chi connectivity index (χ4n) is 3.66. The second kappa shape index (κ2) is 11.2. The Morgan fingerprint density at radius 3 is 2.38 bits per heavy atom. The van der Waals surface area contributed by atoms with E-state index in [0.717, 1.165) is 21.6 Å². The Morgan fingerprint density at radius 2 is 1.68 bits per heavy atom. The molecule has 1 amide bonds. The first-order chi connectivity index (χ1) is 17.6. The number of hydrogen-bond donors (Lipinski definition) is 1. The van der Waals surface area contributed by atoms with Crippen molar-refractivity contribution in [1.82, 2.24) is 4.72 Å². The van der Waals surface area contributed by atoms with Crippen LogP contribution in [-0.2, 0) is 15.8 Å². The van der Waals surface area contributed by atoms with Crippen molar-refractivity contribution in [1.29, 1.82) is 0 Å². The number of hydrogen-bond acceptors (Lipinski definition) is 6. The standard InChI is InChI=1S/C27H23F2NO5S2/c1-17-7-3-6-10-25(17)37(32,33)30-26(31)23-15-20(18(2)34-23)16-36-24-9-5-4-8-22(24)19-11-13-21(14-12-19)35-27(28)29/h3-15,27H,16H2,1-2H3,(H,30,31). The van der Waals surface area contributed by atoms with Crippen molar-refractivity contribution >= 4 is 27.7 Å². The number of thioether (sulfide) groups is 1. The minimum absolute atomic E-state index is 0.0211. The second-order valence-corrected chi connectivity index (χ2v) is 10.7. The van der Waals surface area contributed by atoms with E-state index >= 15 is 0 Å². The van der Waals surface area contributed by atoms with Gasteiger partial charge in [-0.2, -0.15) is 8.78 Å². The van der Waals surface area contributed by atoms with E-state index in [4.69, 9.17) is 4.42 Å². The van der Waals surface area contributed by atoms with Crippen LogP contribution in [-0.4, -0.2) is 20.9 Å². The van der Waals surface area contributed by atoms with Crippen LogP contribution in [0.2, 0.25) is 0 Å². The highest BCUT2D eigenvalue weighted by Crippen LogP contribution is 2.35. The van der Waals surface area contributed by atoms with Crippen molar-refractivity contribution in [3.8, 4) is 16.9 Å². The molecule has 4 aromatic rings. The van der Waals surface area contributed by atoms with Crippen LogP contribution in [0.15, 0.2) is 93.1 Å². The van der Waals surface area contributed by atoms with E-state index in [1.165, 1.54) is 36.0 Å². The van der Waals surface area contributed by atoms with Crippen molar-refractivity contribution in [3.63, 3.8) is 0 Å². The summed E-state index contributed by atoms with van der Waals surface area (Å²) in [5, 5.41) is 0. The van der Waals surface area contributed by atoms with Gasteiger partial charge in [0.25, 0.3) is 10.0 Å². The molecule has 0 saturated carbocycles. The van der Waals surface area contributed by atoms with E-state index in [1.54, 1.807) is 44.2 Å². The van der Waals surface area contributed by atoms with E-state index in [1.807, 2.05) is 24.3 Å². The molecule has 10 heteroatoms. The summed E-state index contributed by atoms with van der Waals surface area (Å²) < 4.78 is 62.3. The van der Waals surface area contributed by atoms with Gasteiger partial charge in [-0.05, 0) is 60.9 Å². The molecule has 4 rings (SSSR count). The lowest BCUT2D eigenvalue weighted by molar-refractivity contribution is -0.0498.